The summed E-state index contributed by atoms with van der Waals surface area (Å²) >= 11 is 0. The molecule has 0 aromatic heterocycles. The molecule has 34 heavy (non-hydrogen) atoms. The average Bonchev–Trinajstić information content (AvgIpc) is 3.06. The van der Waals surface area contributed by atoms with Crippen molar-refractivity contribution in [2.24, 2.45) is 0 Å². The van der Waals surface area contributed by atoms with E-state index in [-0.39, 0.29) is 18.1 Å². The van der Waals surface area contributed by atoms with Gasteiger partial charge in [-0.2, -0.15) is 0 Å². The van der Waals surface area contributed by atoms with E-state index >= 15 is 0 Å². The zero-order chi connectivity index (χ0) is 25.0. The van der Waals surface area contributed by atoms with Crippen molar-refractivity contribution in [2.45, 2.75) is 13.3 Å². The first-order valence-electron chi connectivity index (χ1n) is 11.1. The molecule has 182 valence electrons. The van der Waals surface area contributed by atoms with Crippen LogP contribution in [0, 0.1) is 5.82 Å². The van der Waals surface area contributed by atoms with E-state index in [2.05, 4.69) is 0 Å². The average molecular weight is 469 g/mol. The van der Waals surface area contributed by atoms with Crippen molar-refractivity contribution in [3.8, 4) is 17.2 Å². The van der Waals surface area contributed by atoms with Gasteiger partial charge in [0.05, 0.1) is 27.8 Å². The smallest absolute Gasteiger partial charge is 0.226 e. The quantitative estimate of drug-likeness (QED) is 0.539. The summed E-state index contributed by atoms with van der Waals surface area (Å²) in [5.41, 5.74) is 5.22. The standard InChI is InChI=1S/C27H33FN2O4/c1-17-21(12-18-13-24(32-5)27(34-7)25(14-18)33-6)20-9-8-19(28)15-23(20)22(17)16-26(31)30(4)11-10-29(2)3/h8-9,12-15H,10-11,16H2,1-7H3/b21-12-. The summed E-state index contributed by atoms with van der Waals surface area (Å²) in [5.74, 6) is 1.28. The van der Waals surface area contributed by atoms with Crippen LogP contribution in [0.4, 0.5) is 4.39 Å². The van der Waals surface area contributed by atoms with E-state index in [4.69, 9.17) is 14.2 Å². The Morgan fingerprint density at radius 3 is 2.15 bits per heavy atom. The van der Waals surface area contributed by atoms with Gasteiger partial charge in [0.15, 0.2) is 11.5 Å². The summed E-state index contributed by atoms with van der Waals surface area (Å²) in [6.45, 7) is 3.38. The number of methoxy groups -OCH3 is 3. The minimum atomic E-state index is -0.327. The second kappa shape index (κ2) is 10.7. The fraction of sp³-hybridized carbons (Fsp3) is 0.370. The molecule has 0 saturated heterocycles. The number of allylic oxidation sites excluding steroid dienone is 2. The summed E-state index contributed by atoms with van der Waals surface area (Å²) in [7, 11) is 10.5. The monoisotopic (exact) mass is 468 g/mol. The zero-order valence-electron chi connectivity index (χ0n) is 21.0. The summed E-state index contributed by atoms with van der Waals surface area (Å²) in [6.07, 6.45) is 2.21. The van der Waals surface area contributed by atoms with Crippen LogP contribution in [-0.4, -0.2) is 71.3 Å². The fourth-order valence-corrected chi connectivity index (χ4v) is 4.09. The maximum absolute atomic E-state index is 14.2. The first kappa shape index (κ1) is 25.3. The highest BCUT2D eigenvalue weighted by atomic mass is 19.1. The summed E-state index contributed by atoms with van der Waals surface area (Å²) in [6, 6.07) is 8.46. The van der Waals surface area contributed by atoms with E-state index < -0.39 is 0 Å². The van der Waals surface area contributed by atoms with Gasteiger partial charge in [0.25, 0.3) is 0 Å². The van der Waals surface area contributed by atoms with Gasteiger partial charge in [0.1, 0.15) is 5.82 Å². The molecule has 1 amide bonds. The fourth-order valence-electron chi connectivity index (χ4n) is 4.09. The largest absolute Gasteiger partial charge is 0.493 e. The SMILES string of the molecule is COc1cc(/C=C2/C(C)=C(CC(=O)N(C)CCN(C)C)c3cc(F)ccc32)cc(OC)c1OC. The molecule has 0 radical (unpaired) electrons. The number of benzene rings is 2. The number of likely N-dealkylation sites (N-methyl/N-ethyl adjacent to an activating group) is 2. The van der Waals surface area contributed by atoms with E-state index in [1.165, 1.54) is 12.1 Å². The molecule has 0 unspecified atom stereocenters. The highest BCUT2D eigenvalue weighted by molar-refractivity contribution is 6.08. The first-order valence-corrected chi connectivity index (χ1v) is 11.1. The van der Waals surface area contributed by atoms with Crippen LogP contribution < -0.4 is 14.2 Å². The molecule has 0 heterocycles. The molecular weight excluding hydrogens is 435 g/mol. The molecule has 0 bridgehead atoms. The Hall–Kier alpha value is -3.32. The molecule has 1 aliphatic carbocycles. The van der Waals surface area contributed by atoms with Crippen LogP contribution in [0.2, 0.25) is 0 Å². The van der Waals surface area contributed by atoms with Crippen LogP contribution in [0.25, 0.3) is 17.2 Å². The lowest BCUT2D eigenvalue weighted by molar-refractivity contribution is -0.128. The van der Waals surface area contributed by atoms with Crippen molar-refractivity contribution in [2.75, 3.05) is 55.6 Å². The Labute approximate surface area is 201 Å². The van der Waals surface area contributed by atoms with Gasteiger partial charge >= 0.3 is 0 Å². The number of carbonyl (C=O) groups is 1. The van der Waals surface area contributed by atoms with E-state index in [9.17, 15) is 9.18 Å². The second-order valence-corrected chi connectivity index (χ2v) is 8.61. The summed E-state index contributed by atoms with van der Waals surface area (Å²) in [4.78, 5) is 16.7. The first-order chi connectivity index (χ1) is 16.2. The second-order valence-electron chi connectivity index (χ2n) is 8.61. The van der Waals surface area contributed by atoms with Crippen molar-refractivity contribution in [3.63, 3.8) is 0 Å². The molecule has 3 rings (SSSR count). The molecule has 0 fully saturated rings. The number of hydrogen-bond acceptors (Lipinski definition) is 5. The Morgan fingerprint density at radius 2 is 1.59 bits per heavy atom. The van der Waals surface area contributed by atoms with Crippen LogP contribution in [0.3, 0.4) is 0 Å². The van der Waals surface area contributed by atoms with Crippen molar-refractivity contribution < 1.29 is 23.4 Å². The van der Waals surface area contributed by atoms with Crippen LogP contribution in [-0.2, 0) is 4.79 Å². The van der Waals surface area contributed by atoms with Crippen molar-refractivity contribution >= 4 is 23.1 Å². The van der Waals surface area contributed by atoms with Crippen molar-refractivity contribution in [1.82, 2.24) is 9.80 Å². The van der Waals surface area contributed by atoms with E-state index in [1.54, 1.807) is 39.3 Å². The molecule has 2 aromatic carbocycles. The molecular formula is C27H33FN2O4. The Bertz CT molecular complexity index is 1110. The topological polar surface area (TPSA) is 51.2 Å². The number of hydrogen-bond donors (Lipinski definition) is 0. The number of nitrogens with zero attached hydrogens (tertiary/aromatic N) is 2. The summed E-state index contributed by atoms with van der Waals surface area (Å²) < 4.78 is 30.6. The van der Waals surface area contributed by atoms with E-state index in [0.717, 1.165) is 40.0 Å². The van der Waals surface area contributed by atoms with Gasteiger partial charge in [-0.3, -0.25) is 4.79 Å². The highest BCUT2D eigenvalue weighted by Gasteiger charge is 2.27. The van der Waals surface area contributed by atoms with Crippen LogP contribution in [0.15, 0.2) is 35.9 Å². The molecule has 1 aliphatic rings. The number of amides is 1. The van der Waals surface area contributed by atoms with Gasteiger partial charge < -0.3 is 24.0 Å². The predicted molar refractivity (Wildman–Crippen MR) is 134 cm³/mol. The predicted octanol–water partition coefficient (Wildman–Crippen LogP) is 4.59. The van der Waals surface area contributed by atoms with Crippen LogP contribution in [0.1, 0.15) is 30.0 Å². The van der Waals surface area contributed by atoms with Crippen LogP contribution >= 0.6 is 0 Å². The molecule has 0 N–H and O–H groups in total. The van der Waals surface area contributed by atoms with E-state index in [1.807, 2.05) is 44.1 Å². The maximum Gasteiger partial charge on any atom is 0.226 e. The number of halogens is 1. The summed E-state index contributed by atoms with van der Waals surface area (Å²) in [5, 5.41) is 0. The van der Waals surface area contributed by atoms with Crippen molar-refractivity contribution in [3.05, 3.63) is 58.4 Å². The number of fused-ring (bicyclic) bond motifs is 1. The third-order valence-electron chi connectivity index (χ3n) is 6.09. The van der Waals surface area contributed by atoms with Gasteiger partial charge in [0.2, 0.25) is 11.7 Å². The highest BCUT2D eigenvalue weighted by Crippen LogP contribution is 2.45. The van der Waals surface area contributed by atoms with Gasteiger partial charge in [0, 0.05) is 20.1 Å². The van der Waals surface area contributed by atoms with Gasteiger partial charge in [-0.25, -0.2) is 4.39 Å². The maximum atomic E-state index is 14.2. The molecule has 0 saturated carbocycles. The molecule has 0 spiro atoms. The lowest BCUT2D eigenvalue weighted by atomic mass is 10.00. The number of carbonyl (C=O) groups excluding carboxylic acids is 1. The molecule has 6 nitrogen and oxygen atoms in total. The molecule has 0 atom stereocenters. The number of rotatable bonds is 9. The van der Waals surface area contributed by atoms with E-state index in [0.29, 0.717) is 23.8 Å². The van der Waals surface area contributed by atoms with Gasteiger partial charge in [-0.1, -0.05) is 6.07 Å². The minimum Gasteiger partial charge on any atom is -0.493 e. The van der Waals surface area contributed by atoms with Gasteiger partial charge in [-0.05, 0) is 84.8 Å². The molecule has 7 heteroatoms. The lowest BCUT2D eigenvalue weighted by Gasteiger charge is -2.20. The normalized spacial score (nSPS) is 14.0. The Balaban J connectivity index is 2.04. The Morgan fingerprint density at radius 1 is 0.941 bits per heavy atom. The lowest BCUT2D eigenvalue weighted by Crippen LogP contribution is -2.33. The molecule has 2 aromatic rings. The zero-order valence-corrected chi connectivity index (χ0v) is 21.0. The Kier molecular flexibility index (Phi) is 7.99. The third kappa shape index (κ3) is 5.25. The minimum absolute atomic E-state index is 0.000414. The molecule has 0 aliphatic heterocycles. The third-order valence-corrected chi connectivity index (χ3v) is 6.09. The van der Waals surface area contributed by atoms with Gasteiger partial charge in [-0.15, -0.1) is 0 Å². The van der Waals surface area contributed by atoms with Crippen LogP contribution in [0.5, 0.6) is 17.2 Å². The number of ether oxygens (including phenoxy) is 3. The van der Waals surface area contributed by atoms with Crippen molar-refractivity contribution in [1.29, 1.82) is 0 Å².